The van der Waals surface area contributed by atoms with Crippen LogP contribution in [0, 0.1) is 0 Å². The Morgan fingerprint density at radius 3 is 2.36 bits per heavy atom. The van der Waals surface area contributed by atoms with Crippen molar-refractivity contribution < 1.29 is 0 Å². The monoisotopic (exact) mass is 150 g/mol. The van der Waals surface area contributed by atoms with E-state index in [-0.39, 0.29) is 0 Å². The van der Waals surface area contributed by atoms with E-state index < -0.39 is 0 Å². The van der Waals surface area contributed by atoms with Gasteiger partial charge in [0, 0.05) is 0 Å². The summed E-state index contributed by atoms with van der Waals surface area (Å²) in [7, 11) is 0. The number of benzene rings is 2. The minimum absolute atomic E-state index is 1.14. The first-order valence-corrected chi connectivity index (χ1v) is 4.82. The molecule has 11 heavy (non-hydrogen) atoms. The Kier molecular flexibility index (Phi) is 1.99. The summed E-state index contributed by atoms with van der Waals surface area (Å²) < 4.78 is 1.49. The Morgan fingerprint density at radius 2 is 1.55 bits per heavy atom. The molecule has 0 bridgehead atoms. The first kappa shape index (κ1) is 7.35. The van der Waals surface area contributed by atoms with Crippen molar-refractivity contribution in [2.45, 2.75) is 0 Å². The van der Waals surface area contributed by atoms with Crippen molar-refractivity contribution in [3.8, 4) is 0 Å². The van der Waals surface area contributed by atoms with Crippen molar-refractivity contribution in [1.82, 2.24) is 0 Å². The summed E-state index contributed by atoms with van der Waals surface area (Å²) >= 11 is 1.14. The fourth-order valence-electron chi connectivity index (χ4n) is 1.39. The molecular formula is C10H7Na. The molecule has 0 saturated carbocycles. The van der Waals surface area contributed by atoms with Crippen LogP contribution in [0.15, 0.2) is 42.5 Å². The Bertz CT molecular complexity index is 374. The van der Waals surface area contributed by atoms with Crippen LogP contribution < -0.4 is 2.81 Å². The Balaban J connectivity index is 2.91. The molecule has 0 heterocycles. The van der Waals surface area contributed by atoms with E-state index in [4.69, 9.17) is 0 Å². The molecule has 0 amide bonds. The summed E-state index contributed by atoms with van der Waals surface area (Å²) in [6.07, 6.45) is 0. The van der Waals surface area contributed by atoms with Crippen molar-refractivity contribution >= 4 is 41.5 Å². The molecule has 2 aromatic carbocycles. The van der Waals surface area contributed by atoms with E-state index in [9.17, 15) is 0 Å². The van der Waals surface area contributed by atoms with Gasteiger partial charge in [-0.05, 0) is 0 Å². The molecule has 0 aliphatic heterocycles. The van der Waals surface area contributed by atoms with E-state index in [1.807, 2.05) is 0 Å². The van der Waals surface area contributed by atoms with Crippen LogP contribution in [0.25, 0.3) is 10.8 Å². The zero-order valence-corrected chi connectivity index (χ0v) is 8.54. The molecule has 2 rings (SSSR count). The summed E-state index contributed by atoms with van der Waals surface area (Å²) in [5.74, 6) is 0. The van der Waals surface area contributed by atoms with Crippen molar-refractivity contribution in [3.05, 3.63) is 42.5 Å². The Morgan fingerprint density at radius 1 is 0.818 bits per heavy atom. The van der Waals surface area contributed by atoms with Gasteiger partial charge in [0.05, 0.1) is 0 Å². The van der Waals surface area contributed by atoms with Crippen molar-refractivity contribution in [2.24, 2.45) is 0 Å². The molecule has 0 nitrogen and oxygen atoms in total. The fourth-order valence-corrected chi connectivity index (χ4v) is 2.04. The number of hydrogen-bond donors (Lipinski definition) is 0. The molecule has 0 aromatic heterocycles. The Hall–Kier alpha value is -0.300. The molecule has 0 fully saturated rings. The standard InChI is InChI=1S/C10H7.Na/c1-2-6-10-8-4-3-7-9(10)5-1;/h1-7H;. The summed E-state index contributed by atoms with van der Waals surface area (Å²) in [4.78, 5) is 0. The molecule has 0 atom stereocenters. The molecule has 0 aliphatic carbocycles. The number of rotatable bonds is 0. The van der Waals surface area contributed by atoms with Crippen LogP contribution in [0.4, 0.5) is 0 Å². The first-order chi connectivity index (χ1) is 5.38. The molecule has 2 aromatic rings. The van der Waals surface area contributed by atoms with Gasteiger partial charge in [0.1, 0.15) is 0 Å². The molecule has 0 N–H and O–H groups in total. The average Bonchev–Trinajstić information content (AvgIpc) is 2.06. The second-order valence-electron chi connectivity index (χ2n) is 2.80. The first-order valence-electron chi connectivity index (χ1n) is 3.82. The van der Waals surface area contributed by atoms with E-state index >= 15 is 0 Å². The zero-order valence-electron chi connectivity index (χ0n) is 6.54. The molecule has 1 heteroatoms. The normalized spacial score (nSPS) is 10.4. The predicted octanol–water partition coefficient (Wildman–Crippen LogP) is 1.63. The van der Waals surface area contributed by atoms with Gasteiger partial charge >= 0.3 is 84.0 Å². The third kappa shape index (κ3) is 1.34. The molecular weight excluding hydrogens is 143 g/mol. The van der Waals surface area contributed by atoms with Crippen LogP contribution >= 0.6 is 0 Å². The van der Waals surface area contributed by atoms with Gasteiger partial charge in [-0.1, -0.05) is 0 Å². The average molecular weight is 150 g/mol. The van der Waals surface area contributed by atoms with E-state index in [2.05, 4.69) is 42.5 Å². The van der Waals surface area contributed by atoms with Crippen LogP contribution in [-0.2, 0) is 0 Å². The molecule has 0 unspecified atom stereocenters. The van der Waals surface area contributed by atoms with Crippen LogP contribution in [-0.4, -0.2) is 27.9 Å². The van der Waals surface area contributed by atoms with Crippen molar-refractivity contribution in [3.63, 3.8) is 0 Å². The zero-order chi connectivity index (χ0) is 7.68. The van der Waals surface area contributed by atoms with Gasteiger partial charge in [-0.15, -0.1) is 0 Å². The van der Waals surface area contributed by atoms with Crippen LogP contribution in [0.1, 0.15) is 0 Å². The van der Waals surface area contributed by atoms with E-state index in [0.717, 1.165) is 27.9 Å². The third-order valence-corrected chi connectivity index (χ3v) is 2.88. The fraction of sp³-hybridized carbons (Fsp3) is 0. The third-order valence-electron chi connectivity index (χ3n) is 2.01. The summed E-state index contributed by atoms with van der Waals surface area (Å²) in [5, 5.41) is 2.78. The minimum atomic E-state index is 1.14. The quantitative estimate of drug-likeness (QED) is 0.501. The second kappa shape index (κ2) is 2.98. The van der Waals surface area contributed by atoms with Crippen molar-refractivity contribution in [2.75, 3.05) is 0 Å². The maximum absolute atomic E-state index is 2.20. The molecule has 0 saturated heterocycles. The number of fused-ring (bicyclic) bond motifs is 1. The van der Waals surface area contributed by atoms with Gasteiger partial charge < -0.3 is 0 Å². The summed E-state index contributed by atoms with van der Waals surface area (Å²) in [6, 6.07) is 15.0. The van der Waals surface area contributed by atoms with E-state index in [1.54, 1.807) is 0 Å². The van der Waals surface area contributed by atoms with Gasteiger partial charge in [-0.25, -0.2) is 0 Å². The van der Waals surface area contributed by atoms with Gasteiger partial charge in [-0.3, -0.25) is 0 Å². The van der Waals surface area contributed by atoms with E-state index in [1.165, 1.54) is 13.6 Å². The summed E-state index contributed by atoms with van der Waals surface area (Å²) in [6.45, 7) is 0. The SMILES string of the molecule is [Na][c]1cccc2ccccc12. The van der Waals surface area contributed by atoms with Crippen LogP contribution in [0.3, 0.4) is 0 Å². The Labute approximate surface area is 83.6 Å². The molecule has 0 aliphatic rings. The van der Waals surface area contributed by atoms with Gasteiger partial charge in [0.25, 0.3) is 0 Å². The molecule has 0 radical (unpaired) electrons. The topological polar surface area (TPSA) is 0 Å². The molecule has 0 spiro atoms. The van der Waals surface area contributed by atoms with Crippen LogP contribution in [0.2, 0.25) is 0 Å². The van der Waals surface area contributed by atoms with Crippen molar-refractivity contribution in [1.29, 1.82) is 0 Å². The maximum atomic E-state index is 2.20. The van der Waals surface area contributed by atoms with E-state index in [0.29, 0.717) is 0 Å². The van der Waals surface area contributed by atoms with Gasteiger partial charge in [0.15, 0.2) is 0 Å². The van der Waals surface area contributed by atoms with Crippen LogP contribution in [0.5, 0.6) is 0 Å². The van der Waals surface area contributed by atoms with Gasteiger partial charge in [0.2, 0.25) is 0 Å². The summed E-state index contributed by atoms with van der Waals surface area (Å²) in [5.41, 5.74) is 0. The predicted molar refractivity (Wildman–Crippen MR) is 49.3 cm³/mol. The number of hydrogen-bond acceptors (Lipinski definition) is 0. The second-order valence-corrected chi connectivity index (χ2v) is 3.87. The molecule has 48 valence electrons. The van der Waals surface area contributed by atoms with Gasteiger partial charge in [-0.2, -0.15) is 0 Å².